The van der Waals surface area contributed by atoms with Gasteiger partial charge in [0.1, 0.15) is 16.1 Å². The van der Waals surface area contributed by atoms with Crippen LogP contribution < -0.4 is 0 Å². The summed E-state index contributed by atoms with van der Waals surface area (Å²) in [6, 6.07) is 2.00. The molecule has 20 heavy (non-hydrogen) atoms. The van der Waals surface area contributed by atoms with Crippen LogP contribution in [0.1, 0.15) is 5.56 Å². The minimum Gasteiger partial charge on any atom is -0.215 e. The maximum atomic E-state index is 13.3. The smallest absolute Gasteiger partial charge is 0.215 e. The summed E-state index contributed by atoms with van der Waals surface area (Å²) < 4.78 is 51.5. The second-order valence-electron chi connectivity index (χ2n) is 3.67. The molecule has 9 heteroatoms. The third-order valence-electron chi connectivity index (χ3n) is 2.25. The highest BCUT2D eigenvalue weighted by Gasteiger charge is 2.31. The second kappa shape index (κ2) is 5.61. The second-order valence-corrected chi connectivity index (χ2v) is 5.46. The first-order chi connectivity index (χ1) is 9.18. The zero-order valence-electron chi connectivity index (χ0n) is 9.27. The molecule has 0 fully saturated rings. The summed E-state index contributed by atoms with van der Waals surface area (Å²) in [4.78, 5) is 7.59. The van der Waals surface area contributed by atoms with Gasteiger partial charge in [-0.25, -0.2) is 14.4 Å². The quantitative estimate of drug-likeness (QED) is 0.348. The van der Waals surface area contributed by atoms with Gasteiger partial charge in [-0.05, 0) is 40.8 Å². The molecular formula is C11H3Cl2F4IN2. The van der Waals surface area contributed by atoms with E-state index in [4.69, 9.17) is 23.2 Å². The van der Waals surface area contributed by atoms with Gasteiger partial charge < -0.3 is 0 Å². The van der Waals surface area contributed by atoms with Crippen LogP contribution in [-0.2, 0) is 6.18 Å². The van der Waals surface area contributed by atoms with Crippen LogP contribution in [0.4, 0.5) is 17.6 Å². The summed E-state index contributed by atoms with van der Waals surface area (Å²) in [5, 5.41) is -0.0307. The first kappa shape index (κ1) is 15.7. The van der Waals surface area contributed by atoms with Crippen LogP contribution in [0.25, 0.3) is 11.4 Å². The highest BCUT2D eigenvalue weighted by atomic mass is 127. The normalized spacial score (nSPS) is 11.8. The van der Waals surface area contributed by atoms with E-state index in [0.717, 1.165) is 12.1 Å². The Morgan fingerprint density at radius 1 is 1.00 bits per heavy atom. The molecule has 0 atom stereocenters. The van der Waals surface area contributed by atoms with E-state index in [2.05, 4.69) is 9.97 Å². The Labute approximate surface area is 134 Å². The molecule has 0 bridgehead atoms. The lowest BCUT2D eigenvalue weighted by Gasteiger charge is -2.09. The SMILES string of the molecule is Fc1cc(-c2nc(Cl)c(I)c(Cl)n2)cc(C(F)(F)F)c1. The molecule has 0 aliphatic heterocycles. The predicted octanol–water partition coefficient (Wildman–Crippen LogP) is 5.21. The van der Waals surface area contributed by atoms with Crippen molar-refractivity contribution in [1.29, 1.82) is 0 Å². The van der Waals surface area contributed by atoms with Crippen molar-refractivity contribution in [3.05, 3.63) is 43.5 Å². The summed E-state index contributed by atoms with van der Waals surface area (Å²) in [6.07, 6.45) is -4.67. The Kier molecular flexibility index (Phi) is 4.41. The van der Waals surface area contributed by atoms with Gasteiger partial charge in [0, 0.05) is 5.56 Å². The fourth-order valence-corrected chi connectivity index (χ4v) is 2.03. The largest absolute Gasteiger partial charge is 0.416 e. The first-order valence-corrected chi connectivity index (χ1v) is 6.78. The highest BCUT2D eigenvalue weighted by Crippen LogP contribution is 2.33. The minimum absolute atomic E-state index is 0.0154. The number of nitrogens with zero attached hydrogens (tertiary/aromatic N) is 2. The Bertz CT molecular complexity index is 653. The molecule has 0 N–H and O–H groups in total. The molecule has 106 valence electrons. The van der Waals surface area contributed by atoms with Gasteiger partial charge in [-0.3, -0.25) is 0 Å². The number of aromatic nitrogens is 2. The monoisotopic (exact) mass is 436 g/mol. The van der Waals surface area contributed by atoms with E-state index < -0.39 is 17.6 Å². The molecule has 2 rings (SSSR count). The fraction of sp³-hybridized carbons (Fsp3) is 0.0909. The maximum absolute atomic E-state index is 13.3. The van der Waals surface area contributed by atoms with Crippen molar-refractivity contribution < 1.29 is 17.6 Å². The third-order valence-corrected chi connectivity index (χ3v) is 4.46. The fourth-order valence-electron chi connectivity index (χ4n) is 1.41. The maximum Gasteiger partial charge on any atom is 0.416 e. The van der Waals surface area contributed by atoms with E-state index in [1.807, 2.05) is 0 Å². The summed E-state index contributed by atoms with van der Waals surface area (Å²) in [5.41, 5.74) is -1.29. The molecule has 0 aliphatic rings. The van der Waals surface area contributed by atoms with Crippen molar-refractivity contribution in [3.63, 3.8) is 0 Å². The Morgan fingerprint density at radius 3 is 2.05 bits per heavy atom. The first-order valence-electron chi connectivity index (χ1n) is 4.95. The van der Waals surface area contributed by atoms with Crippen LogP contribution in [0.3, 0.4) is 0 Å². The van der Waals surface area contributed by atoms with E-state index in [1.165, 1.54) is 0 Å². The van der Waals surface area contributed by atoms with Crippen LogP contribution in [-0.4, -0.2) is 9.97 Å². The van der Waals surface area contributed by atoms with Crippen LogP contribution in [0, 0.1) is 9.39 Å². The molecule has 0 radical (unpaired) electrons. The number of hydrogen-bond acceptors (Lipinski definition) is 2. The summed E-state index contributed by atoms with van der Waals surface area (Å²) in [6.45, 7) is 0. The van der Waals surface area contributed by atoms with E-state index in [1.54, 1.807) is 22.6 Å². The van der Waals surface area contributed by atoms with Crippen molar-refractivity contribution in [1.82, 2.24) is 9.97 Å². The molecule has 0 amide bonds. The number of halogens is 7. The molecule has 0 unspecified atom stereocenters. The molecule has 2 nitrogen and oxygen atoms in total. The van der Waals surface area contributed by atoms with Gasteiger partial charge in [-0.2, -0.15) is 13.2 Å². The standard InChI is InChI=1S/C11H3Cl2F4IN2/c12-8-7(18)9(13)20-10(19-8)4-1-5(11(15,16)17)3-6(14)2-4/h1-3H. The number of rotatable bonds is 1. The van der Waals surface area contributed by atoms with Crippen molar-refractivity contribution in [2.45, 2.75) is 6.18 Å². The Balaban J connectivity index is 2.61. The van der Waals surface area contributed by atoms with Crippen molar-refractivity contribution >= 4 is 45.8 Å². The molecule has 0 saturated heterocycles. The van der Waals surface area contributed by atoms with Crippen LogP contribution in [0.2, 0.25) is 10.3 Å². The van der Waals surface area contributed by atoms with E-state index >= 15 is 0 Å². The van der Waals surface area contributed by atoms with Gasteiger partial charge in [0.15, 0.2) is 5.82 Å². The Morgan fingerprint density at radius 2 is 1.55 bits per heavy atom. The molecule has 0 aliphatic carbocycles. The van der Waals surface area contributed by atoms with E-state index in [9.17, 15) is 17.6 Å². The molecule has 2 aromatic rings. The molecule has 1 heterocycles. The van der Waals surface area contributed by atoms with E-state index in [-0.39, 0.29) is 21.7 Å². The topological polar surface area (TPSA) is 25.8 Å². The lowest BCUT2D eigenvalue weighted by Crippen LogP contribution is -2.06. The molecule has 0 spiro atoms. The summed E-state index contributed by atoms with van der Waals surface area (Å²) in [7, 11) is 0. The van der Waals surface area contributed by atoms with Crippen LogP contribution in [0.15, 0.2) is 18.2 Å². The number of alkyl halides is 3. The summed E-state index contributed by atoms with van der Waals surface area (Å²) >= 11 is 13.3. The van der Waals surface area contributed by atoms with Gasteiger partial charge in [-0.15, -0.1) is 0 Å². The predicted molar refractivity (Wildman–Crippen MR) is 75.2 cm³/mol. The molecule has 0 saturated carbocycles. The lowest BCUT2D eigenvalue weighted by atomic mass is 10.1. The average molecular weight is 437 g/mol. The zero-order valence-corrected chi connectivity index (χ0v) is 12.9. The minimum atomic E-state index is -4.67. The number of hydrogen-bond donors (Lipinski definition) is 0. The molecule has 1 aromatic carbocycles. The highest BCUT2D eigenvalue weighted by molar-refractivity contribution is 14.1. The van der Waals surface area contributed by atoms with Gasteiger partial charge in [0.2, 0.25) is 0 Å². The van der Waals surface area contributed by atoms with Crippen molar-refractivity contribution in [2.75, 3.05) is 0 Å². The average Bonchev–Trinajstić information content (AvgIpc) is 2.33. The van der Waals surface area contributed by atoms with Gasteiger partial charge in [0.25, 0.3) is 0 Å². The van der Waals surface area contributed by atoms with Gasteiger partial charge in [0.05, 0.1) is 9.13 Å². The van der Waals surface area contributed by atoms with E-state index in [0.29, 0.717) is 9.64 Å². The van der Waals surface area contributed by atoms with Gasteiger partial charge >= 0.3 is 6.18 Å². The van der Waals surface area contributed by atoms with Crippen LogP contribution >= 0.6 is 45.8 Å². The van der Waals surface area contributed by atoms with Crippen molar-refractivity contribution in [2.24, 2.45) is 0 Å². The van der Waals surface area contributed by atoms with Gasteiger partial charge in [-0.1, -0.05) is 23.2 Å². The zero-order chi connectivity index (χ0) is 15.1. The lowest BCUT2D eigenvalue weighted by molar-refractivity contribution is -0.137. The van der Waals surface area contributed by atoms with Crippen molar-refractivity contribution in [3.8, 4) is 11.4 Å². The van der Waals surface area contributed by atoms with Crippen LogP contribution in [0.5, 0.6) is 0 Å². The molecular weight excluding hydrogens is 434 g/mol. The number of benzene rings is 1. The molecule has 1 aromatic heterocycles. The summed E-state index contributed by atoms with van der Waals surface area (Å²) in [5.74, 6) is -1.23. The Hall–Kier alpha value is -0.670. The third kappa shape index (κ3) is 3.32.